The molecule has 1 amide bonds. The molecule has 0 atom stereocenters. The monoisotopic (exact) mass is 462 g/mol. The normalized spacial score (nSPS) is 15.1. The Labute approximate surface area is 200 Å². The van der Waals surface area contributed by atoms with Gasteiger partial charge in [0.05, 0.1) is 22.4 Å². The molecule has 1 fully saturated rings. The number of hydrogen-bond acceptors (Lipinski definition) is 4. The summed E-state index contributed by atoms with van der Waals surface area (Å²) in [7, 11) is 3.20. The van der Waals surface area contributed by atoms with Gasteiger partial charge in [0.2, 0.25) is 0 Å². The van der Waals surface area contributed by atoms with E-state index >= 15 is 0 Å². The molecule has 1 saturated heterocycles. The number of anilines is 2. The van der Waals surface area contributed by atoms with Gasteiger partial charge < -0.3 is 19.4 Å². The van der Waals surface area contributed by atoms with Gasteiger partial charge in [-0.2, -0.15) is 0 Å². The lowest BCUT2D eigenvalue weighted by atomic mass is 9.87. The van der Waals surface area contributed by atoms with Crippen molar-refractivity contribution in [3.05, 3.63) is 68.2 Å². The first kappa shape index (κ1) is 23.8. The van der Waals surface area contributed by atoms with Crippen LogP contribution in [-0.2, 0) is 19.5 Å². The van der Waals surface area contributed by atoms with Crippen LogP contribution < -0.4 is 21.3 Å². The van der Waals surface area contributed by atoms with Crippen molar-refractivity contribution in [1.82, 2.24) is 9.13 Å². The molecule has 4 rings (SSSR count). The van der Waals surface area contributed by atoms with Gasteiger partial charge in [0.25, 0.3) is 5.91 Å². The predicted octanol–water partition coefficient (Wildman–Crippen LogP) is 4.02. The molecule has 7 heteroatoms. The Balaban J connectivity index is 1.79. The molecule has 34 heavy (non-hydrogen) atoms. The first-order chi connectivity index (χ1) is 16.0. The Hall–Kier alpha value is -3.35. The van der Waals surface area contributed by atoms with E-state index in [4.69, 9.17) is 0 Å². The lowest BCUT2D eigenvalue weighted by molar-refractivity contribution is 0.102. The van der Waals surface area contributed by atoms with Gasteiger partial charge in [-0.3, -0.25) is 14.4 Å². The number of piperidine rings is 1. The summed E-state index contributed by atoms with van der Waals surface area (Å²) in [6.45, 7) is 10.4. The average molecular weight is 463 g/mol. The summed E-state index contributed by atoms with van der Waals surface area (Å²) in [4.78, 5) is 40.3. The highest BCUT2D eigenvalue weighted by Crippen LogP contribution is 2.34. The number of aryl methyl sites for hydroxylation is 2. The van der Waals surface area contributed by atoms with E-state index in [-0.39, 0.29) is 11.3 Å². The summed E-state index contributed by atoms with van der Waals surface area (Å²) in [6, 6.07) is 11.4. The van der Waals surface area contributed by atoms with Gasteiger partial charge in [0, 0.05) is 32.7 Å². The van der Waals surface area contributed by atoms with E-state index in [1.54, 1.807) is 14.1 Å². The van der Waals surface area contributed by atoms with Crippen LogP contribution in [0.4, 0.5) is 11.4 Å². The molecule has 2 heterocycles. The van der Waals surface area contributed by atoms with Gasteiger partial charge in [-0.25, -0.2) is 0 Å². The van der Waals surface area contributed by atoms with Gasteiger partial charge in [-0.05, 0) is 54.0 Å². The number of nitrogens with zero attached hydrogens (tertiary/aromatic N) is 3. The number of carbonyl (C=O) groups is 1. The van der Waals surface area contributed by atoms with Gasteiger partial charge in [0.15, 0.2) is 0 Å². The molecule has 1 aromatic heterocycles. The van der Waals surface area contributed by atoms with Crippen molar-refractivity contribution in [3.8, 4) is 0 Å². The van der Waals surface area contributed by atoms with Crippen LogP contribution in [0.1, 0.15) is 56.5 Å². The Morgan fingerprint density at radius 1 is 0.912 bits per heavy atom. The van der Waals surface area contributed by atoms with Crippen LogP contribution in [0, 0.1) is 5.92 Å². The van der Waals surface area contributed by atoms with E-state index in [1.165, 1.54) is 9.13 Å². The third kappa shape index (κ3) is 4.39. The molecule has 7 nitrogen and oxygen atoms in total. The van der Waals surface area contributed by atoms with Crippen LogP contribution in [0.3, 0.4) is 0 Å². The van der Waals surface area contributed by atoms with E-state index in [2.05, 4.69) is 37.9 Å². The second-order valence-corrected chi connectivity index (χ2v) is 10.5. The van der Waals surface area contributed by atoms with Gasteiger partial charge in [-0.1, -0.05) is 39.8 Å². The zero-order valence-corrected chi connectivity index (χ0v) is 20.9. The quantitative estimate of drug-likeness (QED) is 0.597. The lowest BCUT2D eigenvalue weighted by Crippen LogP contribution is -2.39. The summed E-state index contributed by atoms with van der Waals surface area (Å²) in [5, 5.41) is 3.08. The fraction of sp³-hybridized carbons (Fsp3) is 0.444. The summed E-state index contributed by atoms with van der Waals surface area (Å²) in [6.07, 6.45) is 2.12. The third-order valence-electron chi connectivity index (χ3n) is 6.99. The predicted molar refractivity (Wildman–Crippen MR) is 138 cm³/mol. The van der Waals surface area contributed by atoms with Crippen LogP contribution >= 0.6 is 0 Å². The number of carbonyl (C=O) groups excluding carboxylic acids is 1. The maximum atomic E-state index is 13.2. The van der Waals surface area contributed by atoms with E-state index in [0.717, 1.165) is 37.2 Å². The Morgan fingerprint density at radius 3 is 1.97 bits per heavy atom. The molecule has 1 aliphatic rings. The van der Waals surface area contributed by atoms with Crippen molar-refractivity contribution in [2.24, 2.45) is 20.0 Å². The Bertz CT molecular complexity index is 1350. The highest BCUT2D eigenvalue weighted by Gasteiger charge is 2.22. The Kier molecular flexibility index (Phi) is 6.14. The molecule has 1 N–H and O–H groups in total. The molecule has 0 bridgehead atoms. The summed E-state index contributed by atoms with van der Waals surface area (Å²) < 4.78 is 2.75. The SMILES string of the molecule is CC1CCN(c2cc3c(cc2NC(=O)c2ccc(C(C)(C)C)cc2)n(C)c(=O)c(=O)n3C)CC1. The van der Waals surface area contributed by atoms with Crippen molar-refractivity contribution >= 4 is 28.3 Å². The van der Waals surface area contributed by atoms with Crippen LogP contribution in [0.15, 0.2) is 46.0 Å². The molecule has 2 aromatic carbocycles. The molecule has 0 unspecified atom stereocenters. The lowest BCUT2D eigenvalue weighted by Gasteiger charge is -2.34. The van der Waals surface area contributed by atoms with E-state index in [0.29, 0.717) is 28.2 Å². The van der Waals surface area contributed by atoms with Crippen molar-refractivity contribution in [3.63, 3.8) is 0 Å². The molecule has 180 valence electrons. The van der Waals surface area contributed by atoms with Crippen LogP contribution in [0.25, 0.3) is 11.0 Å². The van der Waals surface area contributed by atoms with Crippen molar-refractivity contribution in [2.45, 2.75) is 46.0 Å². The maximum absolute atomic E-state index is 13.2. The standard InChI is InChI=1S/C27H34N4O3/c1-17-11-13-31(14-12-17)21-16-23-22(29(5)25(33)26(34)30(23)6)15-20(21)28-24(32)18-7-9-19(10-8-18)27(2,3)4/h7-10,15-17H,11-14H2,1-6H3,(H,28,32). The maximum Gasteiger partial charge on any atom is 0.316 e. The minimum Gasteiger partial charge on any atom is -0.370 e. The fourth-order valence-corrected chi connectivity index (χ4v) is 4.54. The van der Waals surface area contributed by atoms with Crippen LogP contribution in [0.5, 0.6) is 0 Å². The average Bonchev–Trinajstić information content (AvgIpc) is 2.81. The number of nitrogens with one attached hydrogen (secondary N) is 1. The second-order valence-electron chi connectivity index (χ2n) is 10.5. The second kappa shape index (κ2) is 8.78. The number of aromatic nitrogens is 2. The van der Waals surface area contributed by atoms with E-state index in [1.807, 2.05) is 36.4 Å². The molecule has 0 aliphatic carbocycles. The zero-order chi connectivity index (χ0) is 24.8. The molecule has 0 spiro atoms. The number of amides is 1. The zero-order valence-electron chi connectivity index (χ0n) is 20.9. The largest absolute Gasteiger partial charge is 0.370 e. The summed E-state index contributed by atoms with van der Waals surface area (Å²) in [5.74, 6) is 0.447. The minimum atomic E-state index is -0.593. The number of rotatable bonds is 3. The minimum absolute atomic E-state index is 0.00660. The van der Waals surface area contributed by atoms with Gasteiger partial charge >= 0.3 is 11.1 Å². The summed E-state index contributed by atoms with van der Waals surface area (Å²) in [5.41, 5.74) is 3.34. The van der Waals surface area contributed by atoms with E-state index in [9.17, 15) is 14.4 Å². The fourth-order valence-electron chi connectivity index (χ4n) is 4.54. The van der Waals surface area contributed by atoms with Crippen molar-refractivity contribution in [2.75, 3.05) is 23.3 Å². The molecule has 1 aliphatic heterocycles. The van der Waals surface area contributed by atoms with Crippen molar-refractivity contribution in [1.29, 1.82) is 0 Å². The number of hydrogen-bond donors (Lipinski definition) is 1. The smallest absolute Gasteiger partial charge is 0.316 e. The van der Waals surface area contributed by atoms with Crippen molar-refractivity contribution < 1.29 is 4.79 Å². The molecular formula is C27H34N4O3. The molecule has 3 aromatic rings. The van der Waals surface area contributed by atoms with Gasteiger partial charge in [-0.15, -0.1) is 0 Å². The van der Waals surface area contributed by atoms with Crippen LogP contribution in [-0.4, -0.2) is 28.1 Å². The number of benzene rings is 2. The first-order valence-electron chi connectivity index (χ1n) is 11.9. The third-order valence-corrected chi connectivity index (χ3v) is 6.99. The number of fused-ring (bicyclic) bond motifs is 1. The molecule has 0 saturated carbocycles. The highest BCUT2D eigenvalue weighted by atomic mass is 16.2. The Morgan fingerprint density at radius 2 is 1.44 bits per heavy atom. The first-order valence-corrected chi connectivity index (χ1v) is 11.9. The molecule has 0 radical (unpaired) electrons. The highest BCUT2D eigenvalue weighted by molar-refractivity contribution is 6.07. The summed E-state index contributed by atoms with van der Waals surface area (Å²) >= 11 is 0. The van der Waals surface area contributed by atoms with Crippen LogP contribution in [0.2, 0.25) is 0 Å². The molecular weight excluding hydrogens is 428 g/mol. The van der Waals surface area contributed by atoms with Gasteiger partial charge in [0.1, 0.15) is 0 Å². The van der Waals surface area contributed by atoms with E-state index < -0.39 is 11.1 Å². The topological polar surface area (TPSA) is 76.3 Å².